The van der Waals surface area contributed by atoms with E-state index >= 15 is 0 Å². The largest absolute Gasteiger partial charge is 0.454 e. The van der Waals surface area contributed by atoms with Crippen molar-refractivity contribution in [2.24, 2.45) is 7.05 Å². The molecule has 7 heteroatoms. The van der Waals surface area contributed by atoms with Crippen molar-refractivity contribution in [2.45, 2.75) is 13.0 Å². The number of fused-ring (bicyclic) bond motifs is 2. The third-order valence-electron chi connectivity index (χ3n) is 6.34. The third kappa shape index (κ3) is 4.45. The van der Waals surface area contributed by atoms with Gasteiger partial charge >= 0.3 is 0 Å². The van der Waals surface area contributed by atoms with Crippen LogP contribution < -0.4 is 9.47 Å². The van der Waals surface area contributed by atoms with E-state index in [0.717, 1.165) is 49.9 Å². The van der Waals surface area contributed by atoms with Gasteiger partial charge in [-0.05, 0) is 35.2 Å². The molecule has 0 saturated carbocycles. The molecule has 2 aliphatic rings. The van der Waals surface area contributed by atoms with Gasteiger partial charge in [-0.1, -0.05) is 24.3 Å². The molecule has 1 aromatic heterocycles. The Hall–Kier alpha value is -3.03. The number of nitrogens with zero attached hydrogens (tertiary/aromatic N) is 3. The maximum Gasteiger partial charge on any atom is 0.231 e. The molecule has 3 aromatic rings. The van der Waals surface area contributed by atoms with Crippen LogP contribution in [0.4, 0.5) is 0 Å². The Morgan fingerprint density at radius 3 is 2.69 bits per heavy atom. The molecule has 0 N–H and O–H groups in total. The second kappa shape index (κ2) is 9.22. The number of morpholine rings is 1. The number of aryl methyl sites for hydroxylation is 1. The van der Waals surface area contributed by atoms with Crippen LogP contribution in [0.2, 0.25) is 0 Å². The van der Waals surface area contributed by atoms with Crippen LogP contribution in [0.5, 0.6) is 11.5 Å². The number of amides is 1. The molecular formula is C25H29N3O4. The molecule has 0 aliphatic carbocycles. The van der Waals surface area contributed by atoms with Crippen molar-refractivity contribution < 1.29 is 19.0 Å². The van der Waals surface area contributed by atoms with Crippen LogP contribution in [0.3, 0.4) is 0 Å². The van der Waals surface area contributed by atoms with Crippen LogP contribution in [0.25, 0.3) is 10.9 Å². The van der Waals surface area contributed by atoms with Crippen LogP contribution in [0, 0.1) is 0 Å². The zero-order valence-corrected chi connectivity index (χ0v) is 18.5. The number of para-hydroxylation sites is 1. The Bertz CT molecular complexity index is 1100. The quantitative estimate of drug-likeness (QED) is 0.571. The maximum absolute atomic E-state index is 13.4. The summed E-state index contributed by atoms with van der Waals surface area (Å²) < 4.78 is 18.5. The van der Waals surface area contributed by atoms with Gasteiger partial charge in [0, 0.05) is 44.4 Å². The summed E-state index contributed by atoms with van der Waals surface area (Å²) in [5.74, 6) is 1.56. The van der Waals surface area contributed by atoms with E-state index in [1.165, 1.54) is 10.9 Å². The summed E-state index contributed by atoms with van der Waals surface area (Å²) in [6.45, 7) is 5.70. The zero-order chi connectivity index (χ0) is 21.9. The number of rotatable bonds is 7. The summed E-state index contributed by atoms with van der Waals surface area (Å²) >= 11 is 0. The minimum Gasteiger partial charge on any atom is -0.454 e. The molecule has 32 heavy (non-hydrogen) atoms. The van der Waals surface area contributed by atoms with Gasteiger partial charge in [0.1, 0.15) is 0 Å². The number of ether oxygens (including phenoxy) is 3. The second-order valence-electron chi connectivity index (χ2n) is 8.39. The zero-order valence-electron chi connectivity index (χ0n) is 18.5. The van der Waals surface area contributed by atoms with Crippen LogP contribution in [-0.4, -0.2) is 66.5 Å². The number of hydrogen-bond acceptors (Lipinski definition) is 5. The third-order valence-corrected chi connectivity index (χ3v) is 6.34. The first kappa shape index (κ1) is 20.8. The molecule has 1 amide bonds. The summed E-state index contributed by atoms with van der Waals surface area (Å²) in [7, 11) is 2.07. The highest BCUT2D eigenvalue weighted by Gasteiger charge is 2.21. The molecule has 1 saturated heterocycles. The van der Waals surface area contributed by atoms with Crippen molar-refractivity contribution in [2.75, 3.05) is 46.2 Å². The van der Waals surface area contributed by atoms with E-state index in [0.29, 0.717) is 25.3 Å². The van der Waals surface area contributed by atoms with Crippen molar-refractivity contribution in [1.82, 2.24) is 14.4 Å². The molecule has 1 fully saturated rings. The van der Waals surface area contributed by atoms with Gasteiger partial charge in [0.25, 0.3) is 0 Å². The lowest BCUT2D eigenvalue weighted by Gasteiger charge is -2.30. The monoisotopic (exact) mass is 435 g/mol. The molecule has 2 aromatic carbocycles. The van der Waals surface area contributed by atoms with Crippen molar-refractivity contribution in [3.63, 3.8) is 0 Å². The minimum absolute atomic E-state index is 0.113. The predicted octanol–water partition coefficient (Wildman–Crippen LogP) is 2.81. The smallest absolute Gasteiger partial charge is 0.231 e. The van der Waals surface area contributed by atoms with E-state index in [4.69, 9.17) is 14.2 Å². The molecule has 0 unspecified atom stereocenters. The van der Waals surface area contributed by atoms with Gasteiger partial charge in [-0.2, -0.15) is 0 Å². The van der Waals surface area contributed by atoms with Crippen LogP contribution in [-0.2, 0) is 29.5 Å². The minimum atomic E-state index is 0.113. The number of carbonyl (C=O) groups is 1. The fourth-order valence-electron chi connectivity index (χ4n) is 4.41. The number of hydrogen-bond donors (Lipinski definition) is 0. The van der Waals surface area contributed by atoms with Crippen LogP contribution in [0.15, 0.2) is 48.5 Å². The average molecular weight is 436 g/mol. The van der Waals surface area contributed by atoms with E-state index in [1.54, 1.807) is 0 Å². The number of benzene rings is 2. The van der Waals surface area contributed by atoms with Gasteiger partial charge in [-0.15, -0.1) is 0 Å². The van der Waals surface area contributed by atoms with E-state index in [-0.39, 0.29) is 12.7 Å². The van der Waals surface area contributed by atoms with Gasteiger partial charge in [-0.25, -0.2) is 0 Å². The van der Waals surface area contributed by atoms with Gasteiger partial charge < -0.3 is 23.7 Å². The fourth-order valence-corrected chi connectivity index (χ4v) is 4.41. The molecule has 7 nitrogen and oxygen atoms in total. The summed E-state index contributed by atoms with van der Waals surface area (Å²) in [6.07, 6.45) is 0.337. The Morgan fingerprint density at radius 2 is 1.84 bits per heavy atom. The summed E-state index contributed by atoms with van der Waals surface area (Å²) in [4.78, 5) is 17.8. The van der Waals surface area contributed by atoms with Crippen molar-refractivity contribution in [1.29, 1.82) is 0 Å². The van der Waals surface area contributed by atoms with Gasteiger partial charge in [0.2, 0.25) is 12.7 Å². The maximum atomic E-state index is 13.4. The van der Waals surface area contributed by atoms with E-state index < -0.39 is 0 Å². The normalized spacial score (nSPS) is 15.9. The molecule has 0 bridgehead atoms. The molecule has 0 spiro atoms. The van der Waals surface area contributed by atoms with E-state index in [9.17, 15) is 4.79 Å². The van der Waals surface area contributed by atoms with Crippen molar-refractivity contribution >= 4 is 16.8 Å². The predicted molar refractivity (Wildman–Crippen MR) is 122 cm³/mol. The highest BCUT2D eigenvalue weighted by molar-refractivity contribution is 5.82. The van der Waals surface area contributed by atoms with Gasteiger partial charge in [-0.3, -0.25) is 9.69 Å². The Balaban J connectivity index is 1.34. The summed E-state index contributed by atoms with van der Waals surface area (Å²) in [6, 6.07) is 16.3. The van der Waals surface area contributed by atoms with Crippen LogP contribution in [0.1, 0.15) is 11.3 Å². The first-order chi connectivity index (χ1) is 15.7. The Labute approximate surface area is 188 Å². The van der Waals surface area contributed by atoms with Crippen molar-refractivity contribution in [3.05, 3.63) is 59.8 Å². The fraction of sp³-hybridized carbons (Fsp3) is 0.400. The van der Waals surface area contributed by atoms with Crippen LogP contribution >= 0.6 is 0 Å². The van der Waals surface area contributed by atoms with Crippen molar-refractivity contribution in [3.8, 4) is 11.5 Å². The Kier molecular flexibility index (Phi) is 6.01. The number of aromatic nitrogens is 1. The topological polar surface area (TPSA) is 56.2 Å². The molecule has 3 heterocycles. The number of carbonyl (C=O) groups excluding carboxylic acids is 1. The van der Waals surface area contributed by atoms with E-state index in [2.05, 4.69) is 34.7 Å². The molecule has 2 aliphatic heterocycles. The first-order valence-corrected chi connectivity index (χ1v) is 11.2. The standard InChI is InChI=1S/C25H29N3O4/c1-26-21(16-20-4-2-3-5-22(20)26)17-28(9-8-27-10-12-30-13-11-27)25(29)15-19-6-7-23-24(14-19)32-18-31-23/h2-7,14,16H,8-13,15,17-18H2,1H3. The summed E-state index contributed by atoms with van der Waals surface area (Å²) in [5, 5.41) is 1.20. The lowest BCUT2D eigenvalue weighted by molar-refractivity contribution is -0.131. The lowest BCUT2D eigenvalue weighted by Crippen LogP contribution is -2.43. The second-order valence-corrected chi connectivity index (χ2v) is 8.39. The van der Waals surface area contributed by atoms with E-state index in [1.807, 2.05) is 35.2 Å². The highest BCUT2D eigenvalue weighted by Crippen LogP contribution is 2.32. The molecular weight excluding hydrogens is 406 g/mol. The average Bonchev–Trinajstić information content (AvgIpc) is 3.41. The van der Waals surface area contributed by atoms with Gasteiger partial charge in [0.15, 0.2) is 11.5 Å². The Morgan fingerprint density at radius 1 is 1.03 bits per heavy atom. The molecule has 168 valence electrons. The highest BCUT2D eigenvalue weighted by atomic mass is 16.7. The molecule has 0 radical (unpaired) electrons. The lowest BCUT2D eigenvalue weighted by atomic mass is 10.1. The van der Waals surface area contributed by atoms with Gasteiger partial charge in [0.05, 0.1) is 26.2 Å². The molecule has 0 atom stereocenters. The summed E-state index contributed by atoms with van der Waals surface area (Å²) in [5.41, 5.74) is 3.25. The SMILES string of the molecule is Cn1c(CN(CCN2CCOCC2)C(=O)Cc2ccc3c(c2)OCO3)cc2ccccc21. The first-order valence-electron chi connectivity index (χ1n) is 11.2. The molecule has 5 rings (SSSR count).